The van der Waals surface area contributed by atoms with E-state index in [9.17, 15) is 13.2 Å². The number of imidazole rings is 1. The van der Waals surface area contributed by atoms with Crippen LogP contribution in [-0.4, -0.2) is 38.4 Å². The van der Waals surface area contributed by atoms with Gasteiger partial charge in [-0.15, -0.1) is 13.2 Å². The number of nitrogens with zero attached hydrogens (tertiary/aromatic N) is 5. The number of hydrogen-bond donors (Lipinski definition) is 1. The number of hydrogen-bond acceptors (Lipinski definition) is 6. The fourth-order valence-corrected chi connectivity index (χ4v) is 5.88. The average molecular weight is 563 g/mol. The topological polar surface area (TPSA) is 67.6 Å². The van der Waals surface area contributed by atoms with Crippen molar-refractivity contribution >= 4 is 44.6 Å². The summed E-state index contributed by atoms with van der Waals surface area (Å²) in [6, 6.07) is 19.8. The number of rotatable bonds is 6. The molecule has 0 atom stereocenters. The van der Waals surface area contributed by atoms with E-state index in [1.165, 1.54) is 28.9 Å². The van der Waals surface area contributed by atoms with E-state index in [2.05, 4.69) is 57.2 Å². The first-order valence-corrected chi connectivity index (χ1v) is 13.6. The van der Waals surface area contributed by atoms with Crippen LogP contribution in [-0.2, 0) is 6.54 Å². The van der Waals surface area contributed by atoms with E-state index < -0.39 is 6.36 Å². The van der Waals surface area contributed by atoms with Crippen molar-refractivity contribution < 1.29 is 17.9 Å². The molecule has 0 saturated carbocycles. The molecule has 1 aliphatic heterocycles. The molecule has 0 amide bonds. The van der Waals surface area contributed by atoms with Crippen LogP contribution in [0.15, 0.2) is 78.2 Å². The molecule has 1 N–H and O–H groups in total. The molecule has 1 aliphatic rings. The summed E-state index contributed by atoms with van der Waals surface area (Å²) in [5, 5.41) is 6.51. The SMILES string of the molecule is Cc1cccc(C)c1N1CCSC1=NNCc1ccc2c(ccc3c2ncn3-c2ccc(OC(F)(F)F)cc2)n1. The Morgan fingerprint density at radius 2 is 1.77 bits per heavy atom. The van der Waals surface area contributed by atoms with E-state index in [0.29, 0.717) is 12.2 Å². The maximum atomic E-state index is 12.5. The van der Waals surface area contributed by atoms with Crippen molar-refractivity contribution in [3.8, 4) is 11.4 Å². The number of aromatic nitrogens is 3. The molecule has 40 heavy (non-hydrogen) atoms. The number of para-hydroxylation sites is 1. The van der Waals surface area contributed by atoms with Crippen LogP contribution >= 0.6 is 11.8 Å². The molecule has 0 bridgehead atoms. The normalized spacial score (nSPS) is 14.9. The zero-order valence-corrected chi connectivity index (χ0v) is 22.6. The van der Waals surface area contributed by atoms with E-state index >= 15 is 0 Å². The molecule has 1 fully saturated rings. The van der Waals surface area contributed by atoms with E-state index in [1.54, 1.807) is 30.2 Å². The summed E-state index contributed by atoms with van der Waals surface area (Å²) in [6.07, 6.45) is -3.08. The zero-order valence-electron chi connectivity index (χ0n) is 21.7. The molecule has 7 nitrogen and oxygen atoms in total. The molecule has 5 aromatic rings. The number of ether oxygens (including phenoxy) is 1. The van der Waals surface area contributed by atoms with Crippen molar-refractivity contribution in [3.05, 3.63) is 89.9 Å². The molecule has 0 spiro atoms. The minimum atomic E-state index is -4.73. The molecule has 204 valence electrons. The summed E-state index contributed by atoms with van der Waals surface area (Å²) in [6.45, 7) is 5.63. The van der Waals surface area contributed by atoms with Gasteiger partial charge in [-0.05, 0) is 73.5 Å². The summed E-state index contributed by atoms with van der Waals surface area (Å²) >= 11 is 1.73. The van der Waals surface area contributed by atoms with Crippen LogP contribution in [0.25, 0.3) is 27.6 Å². The largest absolute Gasteiger partial charge is 0.573 e. The van der Waals surface area contributed by atoms with Crippen molar-refractivity contribution in [1.29, 1.82) is 0 Å². The smallest absolute Gasteiger partial charge is 0.406 e. The number of nitrogens with one attached hydrogen (secondary N) is 1. The Morgan fingerprint density at radius 1 is 1.00 bits per heavy atom. The number of thioether (sulfide) groups is 1. The van der Waals surface area contributed by atoms with E-state index in [4.69, 9.17) is 4.98 Å². The molecule has 0 aliphatic carbocycles. The molecule has 2 aromatic heterocycles. The van der Waals surface area contributed by atoms with Crippen LogP contribution in [0.4, 0.5) is 18.9 Å². The molecule has 3 aromatic carbocycles. The second-order valence-electron chi connectivity index (χ2n) is 9.43. The highest BCUT2D eigenvalue weighted by Crippen LogP contribution is 2.31. The van der Waals surface area contributed by atoms with Crippen LogP contribution < -0.4 is 15.1 Å². The predicted molar refractivity (Wildman–Crippen MR) is 153 cm³/mol. The number of benzene rings is 3. The Kier molecular flexibility index (Phi) is 6.75. The Labute approximate surface area is 232 Å². The van der Waals surface area contributed by atoms with Gasteiger partial charge in [-0.2, -0.15) is 5.10 Å². The first-order valence-electron chi connectivity index (χ1n) is 12.7. The van der Waals surface area contributed by atoms with Crippen LogP contribution in [0.2, 0.25) is 0 Å². The van der Waals surface area contributed by atoms with Crippen molar-refractivity contribution in [3.63, 3.8) is 0 Å². The second kappa shape index (κ2) is 10.4. The quantitative estimate of drug-likeness (QED) is 0.232. The van der Waals surface area contributed by atoms with Crippen molar-refractivity contribution in [1.82, 2.24) is 20.0 Å². The molecule has 0 unspecified atom stereocenters. The standard InChI is InChI=1S/C29H25F3N6OS/c1-18-4-3-5-19(2)27(18)37-14-15-40-28(37)36-34-16-20-6-11-23-24(35-20)12-13-25-26(23)33-17-38(25)21-7-9-22(10-8-21)39-29(30,31)32/h3-13,17,34H,14-16H2,1-2H3. The van der Waals surface area contributed by atoms with Gasteiger partial charge in [-0.3, -0.25) is 9.55 Å². The minimum absolute atomic E-state index is 0.272. The van der Waals surface area contributed by atoms with Gasteiger partial charge in [0.2, 0.25) is 0 Å². The molecule has 6 rings (SSSR count). The summed E-state index contributed by atoms with van der Waals surface area (Å²) in [7, 11) is 0. The van der Waals surface area contributed by atoms with Gasteiger partial charge in [-0.1, -0.05) is 30.0 Å². The molecule has 1 saturated heterocycles. The van der Waals surface area contributed by atoms with Gasteiger partial charge in [0.15, 0.2) is 5.17 Å². The average Bonchev–Trinajstić information content (AvgIpc) is 3.56. The third kappa shape index (κ3) is 5.16. The number of aryl methyl sites for hydroxylation is 2. The van der Waals surface area contributed by atoms with Gasteiger partial charge in [-0.25, -0.2) is 4.98 Å². The predicted octanol–water partition coefficient (Wildman–Crippen LogP) is 6.70. The first kappa shape index (κ1) is 26.0. The number of anilines is 1. The molecule has 11 heteroatoms. The van der Waals surface area contributed by atoms with E-state index in [0.717, 1.165) is 45.1 Å². The highest BCUT2D eigenvalue weighted by atomic mass is 32.2. The lowest BCUT2D eigenvalue weighted by Gasteiger charge is -2.22. The minimum Gasteiger partial charge on any atom is -0.406 e. The summed E-state index contributed by atoms with van der Waals surface area (Å²) in [4.78, 5) is 11.6. The van der Waals surface area contributed by atoms with Gasteiger partial charge in [0.25, 0.3) is 0 Å². The first-order chi connectivity index (χ1) is 19.3. The number of alkyl halides is 3. The monoisotopic (exact) mass is 562 g/mol. The van der Waals surface area contributed by atoms with Crippen LogP contribution in [0.3, 0.4) is 0 Å². The van der Waals surface area contributed by atoms with Crippen molar-refractivity contribution in [2.24, 2.45) is 5.10 Å². The molecular weight excluding hydrogens is 537 g/mol. The van der Waals surface area contributed by atoms with Crippen LogP contribution in [0.1, 0.15) is 16.8 Å². The summed E-state index contributed by atoms with van der Waals surface area (Å²) in [5.41, 5.74) is 10.8. The van der Waals surface area contributed by atoms with Crippen LogP contribution in [0, 0.1) is 13.8 Å². The zero-order chi connectivity index (χ0) is 27.9. The lowest BCUT2D eigenvalue weighted by molar-refractivity contribution is -0.274. The van der Waals surface area contributed by atoms with Gasteiger partial charge >= 0.3 is 6.36 Å². The Morgan fingerprint density at radius 3 is 2.52 bits per heavy atom. The Hall–Kier alpha value is -4.25. The second-order valence-corrected chi connectivity index (χ2v) is 10.5. The molecule has 0 radical (unpaired) electrons. The number of amidine groups is 1. The molecular formula is C29H25F3N6OS. The van der Waals surface area contributed by atoms with E-state index in [1.807, 2.05) is 28.8 Å². The maximum Gasteiger partial charge on any atom is 0.573 e. The highest BCUT2D eigenvalue weighted by molar-refractivity contribution is 8.14. The maximum absolute atomic E-state index is 12.5. The fourth-order valence-electron chi connectivity index (χ4n) is 4.96. The summed E-state index contributed by atoms with van der Waals surface area (Å²) < 4.78 is 43.3. The van der Waals surface area contributed by atoms with Crippen molar-refractivity contribution in [2.75, 3.05) is 17.2 Å². The van der Waals surface area contributed by atoms with Crippen LogP contribution in [0.5, 0.6) is 5.75 Å². The Bertz CT molecular complexity index is 1710. The van der Waals surface area contributed by atoms with E-state index in [-0.39, 0.29) is 5.75 Å². The number of fused-ring (bicyclic) bond motifs is 3. The van der Waals surface area contributed by atoms with Gasteiger partial charge in [0, 0.05) is 29.1 Å². The number of halogens is 3. The van der Waals surface area contributed by atoms with Gasteiger partial charge in [0.05, 0.1) is 28.8 Å². The summed E-state index contributed by atoms with van der Waals surface area (Å²) in [5.74, 6) is 0.711. The number of pyridine rings is 1. The third-order valence-electron chi connectivity index (χ3n) is 6.71. The van der Waals surface area contributed by atoms with Gasteiger partial charge in [0.1, 0.15) is 12.1 Å². The molecule has 3 heterocycles. The lowest BCUT2D eigenvalue weighted by atomic mass is 10.1. The highest BCUT2D eigenvalue weighted by Gasteiger charge is 2.31. The Balaban J connectivity index is 1.20. The fraction of sp³-hybridized carbons (Fsp3) is 0.207. The number of hydrazone groups is 1. The lowest BCUT2D eigenvalue weighted by Crippen LogP contribution is -2.27. The third-order valence-corrected chi connectivity index (χ3v) is 7.67. The van der Waals surface area contributed by atoms with Gasteiger partial charge < -0.3 is 15.1 Å². The van der Waals surface area contributed by atoms with Crippen molar-refractivity contribution in [2.45, 2.75) is 26.8 Å².